The van der Waals surface area contributed by atoms with Crippen LogP contribution in [-0.4, -0.2) is 27.6 Å². The standard InChI is InChI=1S/C28H25BrN4O2/c1-35-23-11-12-25-24(17-23)20(18-31-25)16-27(34)32-26(15-19-5-3-2-4-6-19)28-30-13-14-33(28)22-9-7-21(29)8-10-22/h2-14,17-18,26,31H,15-16H2,1H3,(H,32,34). The highest BCUT2D eigenvalue weighted by atomic mass is 79.9. The van der Waals surface area contributed by atoms with Gasteiger partial charge in [0.15, 0.2) is 0 Å². The molecule has 176 valence electrons. The van der Waals surface area contributed by atoms with E-state index in [0.717, 1.165) is 43.8 Å². The number of imidazole rings is 1. The summed E-state index contributed by atoms with van der Waals surface area (Å²) in [5.41, 5.74) is 4.00. The molecule has 1 amide bonds. The Morgan fingerprint density at radius 1 is 1.11 bits per heavy atom. The van der Waals surface area contributed by atoms with Gasteiger partial charge in [-0.1, -0.05) is 46.3 Å². The second-order valence-corrected chi connectivity index (χ2v) is 9.26. The van der Waals surface area contributed by atoms with Gasteiger partial charge < -0.3 is 19.6 Å². The summed E-state index contributed by atoms with van der Waals surface area (Å²) in [6.07, 6.45) is 6.46. The van der Waals surface area contributed by atoms with Gasteiger partial charge in [0, 0.05) is 39.7 Å². The van der Waals surface area contributed by atoms with Gasteiger partial charge in [-0.3, -0.25) is 4.79 Å². The number of hydrogen-bond acceptors (Lipinski definition) is 3. The fourth-order valence-electron chi connectivity index (χ4n) is 4.30. The van der Waals surface area contributed by atoms with Gasteiger partial charge in [-0.15, -0.1) is 0 Å². The second-order valence-electron chi connectivity index (χ2n) is 8.34. The molecule has 0 saturated carbocycles. The largest absolute Gasteiger partial charge is 0.497 e. The number of halogens is 1. The van der Waals surface area contributed by atoms with E-state index >= 15 is 0 Å². The molecule has 0 saturated heterocycles. The topological polar surface area (TPSA) is 71.9 Å². The van der Waals surface area contributed by atoms with Crippen molar-refractivity contribution >= 4 is 32.7 Å². The number of carbonyl (C=O) groups is 1. The molecule has 5 rings (SSSR count). The van der Waals surface area contributed by atoms with Crippen LogP contribution in [0.2, 0.25) is 0 Å². The maximum absolute atomic E-state index is 13.3. The SMILES string of the molecule is COc1ccc2[nH]cc(CC(=O)NC(Cc3ccccc3)c3nccn3-c3ccc(Br)cc3)c2c1. The van der Waals surface area contributed by atoms with E-state index in [9.17, 15) is 4.79 Å². The van der Waals surface area contributed by atoms with E-state index in [2.05, 4.69) is 43.3 Å². The number of benzene rings is 3. The summed E-state index contributed by atoms with van der Waals surface area (Å²) in [6.45, 7) is 0. The molecule has 3 aromatic carbocycles. The summed E-state index contributed by atoms with van der Waals surface area (Å²) in [5, 5.41) is 4.23. The third kappa shape index (κ3) is 5.15. The van der Waals surface area contributed by atoms with Gasteiger partial charge in [-0.25, -0.2) is 4.98 Å². The Kier molecular flexibility index (Phi) is 6.68. The van der Waals surface area contributed by atoms with Gasteiger partial charge >= 0.3 is 0 Å². The highest BCUT2D eigenvalue weighted by molar-refractivity contribution is 9.10. The van der Waals surface area contributed by atoms with Crippen molar-refractivity contribution in [3.05, 3.63) is 113 Å². The molecule has 0 aliphatic rings. The molecular formula is C28H25BrN4O2. The molecule has 7 heteroatoms. The fraction of sp³-hybridized carbons (Fsp3) is 0.143. The quantitative estimate of drug-likeness (QED) is 0.268. The molecule has 6 nitrogen and oxygen atoms in total. The first kappa shape index (κ1) is 22.9. The molecule has 0 radical (unpaired) electrons. The van der Waals surface area contributed by atoms with Crippen LogP contribution in [0.25, 0.3) is 16.6 Å². The number of nitrogens with zero attached hydrogens (tertiary/aromatic N) is 2. The highest BCUT2D eigenvalue weighted by Gasteiger charge is 2.22. The Hall–Kier alpha value is -3.84. The molecule has 2 N–H and O–H groups in total. The average molecular weight is 529 g/mol. The van der Waals surface area contributed by atoms with Gasteiger partial charge in [-0.2, -0.15) is 0 Å². The molecule has 5 aromatic rings. The molecule has 2 aromatic heterocycles. The smallest absolute Gasteiger partial charge is 0.225 e. The first-order chi connectivity index (χ1) is 17.1. The van der Waals surface area contributed by atoms with E-state index in [-0.39, 0.29) is 18.4 Å². The summed E-state index contributed by atoms with van der Waals surface area (Å²) in [5.74, 6) is 1.47. The molecule has 2 heterocycles. The minimum atomic E-state index is -0.303. The molecule has 0 aliphatic heterocycles. The van der Waals surface area contributed by atoms with Crippen molar-refractivity contribution in [1.29, 1.82) is 0 Å². The van der Waals surface area contributed by atoms with Crippen molar-refractivity contribution < 1.29 is 9.53 Å². The lowest BCUT2D eigenvalue weighted by Crippen LogP contribution is -2.33. The number of rotatable bonds is 8. The number of ether oxygens (including phenoxy) is 1. The molecule has 0 spiro atoms. The van der Waals surface area contributed by atoms with Crippen molar-refractivity contribution in [3.8, 4) is 11.4 Å². The molecule has 0 aliphatic carbocycles. The number of nitrogens with one attached hydrogen (secondary N) is 2. The van der Waals surface area contributed by atoms with Crippen LogP contribution in [0, 0.1) is 0 Å². The van der Waals surface area contributed by atoms with Crippen LogP contribution in [0.3, 0.4) is 0 Å². The van der Waals surface area contributed by atoms with Crippen LogP contribution < -0.4 is 10.1 Å². The minimum absolute atomic E-state index is 0.0694. The maximum atomic E-state index is 13.3. The first-order valence-electron chi connectivity index (χ1n) is 11.4. The lowest BCUT2D eigenvalue weighted by molar-refractivity contribution is -0.121. The lowest BCUT2D eigenvalue weighted by Gasteiger charge is -2.20. The molecule has 1 unspecified atom stereocenters. The fourth-order valence-corrected chi connectivity index (χ4v) is 4.56. The number of amides is 1. The van der Waals surface area contributed by atoms with Gasteiger partial charge in [0.05, 0.1) is 19.6 Å². The maximum Gasteiger partial charge on any atom is 0.225 e. The number of hydrogen-bond donors (Lipinski definition) is 2. The zero-order chi connectivity index (χ0) is 24.2. The minimum Gasteiger partial charge on any atom is -0.497 e. The van der Waals surface area contributed by atoms with Gasteiger partial charge in [-0.05, 0) is 60.0 Å². The van der Waals surface area contributed by atoms with Crippen LogP contribution >= 0.6 is 15.9 Å². The summed E-state index contributed by atoms with van der Waals surface area (Å²) in [6, 6.07) is 23.7. The number of H-pyrrole nitrogens is 1. The Bertz CT molecular complexity index is 1440. The van der Waals surface area contributed by atoms with Crippen molar-refractivity contribution in [2.75, 3.05) is 7.11 Å². The number of aromatic amines is 1. The van der Waals surface area contributed by atoms with Gasteiger partial charge in [0.2, 0.25) is 5.91 Å². The van der Waals surface area contributed by atoms with Crippen molar-refractivity contribution in [2.45, 2.75) is 18.9 Å². The first-order valence-corrected chi connectivity index (χ1v) is 12.2. The van der Waals surface area contributed by atoms with Crippen molar-refractivity contribution in [3.63, 3.8) is 0 Å². The van der Waals surface area contributed by atoms with E-state index in [1.54, 1.807) is 13.3 Å². The van der Waals surface area contributed by atoms with E-state index in [0.29, 0.717) is 6.42 Å². The molecule has 0 fully saturated rings. The average Bonchev–Trinajstić information content (AvgIpc) is 3.52. The second kappa shape index (κ2) is 10.2. The van der Waals surface area contributed by atoms with Crippen LogP contribution in [0.4, 0.5) is 0 Å². The monoisotopic (exact) mass is 528 g/mol. The summed E-state index contributed by atoms with van der Waals surface area (Å²) >= 11 is 3.50. The molecule has 35 heavy (non-hydrogen) atoms. The van der Waals surface area contributed by atoms with Crippen molar-refractivity contribution in [1.82, 2.24) is 19.9 Å². The Balaban J connectivity index is 1.43. The van der Waals surface area contributed by atoms with Crippen LogP contribution in [0.15, 0.2) is 95.9 Å². The summed E-state index contributed by atoms with van der Waals surface area (Å²) in [4.78, 5) is 21.2. The van der Waals surface area contributed by atoms with E-state index in [1.807, 2.05) is 77.6 Å². The third-order valence-corrected chi connectivity index (χ3v) is 6.56. The Morgan fingerprint density at radius 3 is 2.69 bits per heavy atom. The third-order valence-electron chi connectivity index (χ3n) is 6.03. The van der Waals surface area contributed by atoms with E-state index in [4.69, 9.17) is 4.74 Å². The van der Waals surface area contributed by atoms with Crippen LogP contribution in [0.1, 0.15) is 23.0 Å². The van der Waals surface area contributed by atoms with Crippen LogP contribution in [0.5, 0.6) is 5.75 Å². The predicted molar refractivity (Wildman–Crippen MR) is 141 cm³/mol. The Labute approximate surface area is 212 Å². The number of aromatic nitrogens is 3. The predicted octanol–water partition coefficient (Wildman–Crippen LogP) is 5.77. The number of fused-ring (bicyclic) bond motifs is 1. The highest BCUT2D eigenvalue weighted by Crippen LogP contribution is 2.25. The van der Waals surface area contributed by atoms with E-state index in [1.165, 1.54) is 0 Å². The van der Waals surface area contributed by atoms with E-state index < -0.39 is 0 Å². The summed E-state index contributed by atoms with van der Waals surface area (Å²) < 4.78 is 8.40. The van der Waals surface area contributed by atoms with Crippen LogP contribution in [-0.2, 0) is 17.6 Å². The molecule has 1 atom stereocenters. The number of carbonyl (C=O) groups excluding carboxylic acids is 1. The molecule has 0 bridgehead atoms. The zero-order valence-corrected chi connectivity index (χ0v) is 20.8. The molecular weight excluding hydrogens is 504 g/mol. The van der Waals surface area contributed by atoms with Crippen molar-refractivity contribution in [2.24, 2.45) is 0 Å². The zero-order valence-electron chi connectivity index (χ0n) is 19.2. The lowest BCUT2D eigenvalue weighted by atomic mass is 10.0. The number of methoxy groups -OCH3 is 1. The van der Waals surface area contributed by atoms with Gasteiger partial charge in [0.25, 0.3) is 0 Å². The van der Waals surface area contributed by atoms with Gasteiger partial charge in [0.1, 0.15) is 11.6 Å². The summed E-state index contributed by atoms with van der Waals surface area (Å²) in [7, 11) is 1.64. The normalized spacial score (nSPS) is 11.9. The Morgan fingerprint density at radius 2 is 1.91 bits per heavy atom.